The largest absolute Gasteiger partial charge is 0.358 e. The summed E-state index contributed by atoms with van der Waals surface area (Å²) in [5, 5.41) is 2.53. The van der Waals surface area contributed by atoms with Gasteiger partial charge >= 0.3 is 28.4 Å². The molecule has 4 bridgehead atoms. The summed E-state index contributed by atoms with van der Waals surface area (Å²) in [7, 11) is 0. The first kappa shape index (κ1) is 49.8. The smallest absolute Gasteiger partial charge is 0.0648 e. The Balaban J connectivity index is 0.000000186. The molecular weight excluding hydrogens is 859 g/mol. The van der Waals surface area contributed by atoms with Gasteiger partial charge in [-0.05, 0) is 96.3 Å². The van der Waals surface area contributed by atoms with Gasteiger partial charge < -0.3 is 7.43 Å². The average molecular weight is 933 g/mol. The molecule has 3 heteroatoms. The molecule has 3 aromatic rings. The second-order valence-electron chi connectivity index (χ2n) is 21.3. The Morgan fingerprint density at radius 2 is 1.38 bits per heavy atom. The van der Waals surface area contributed by atoms with Gasteiger partial charge in [-0.25, -0.2) is 12.0 Å². The van der Waals surface area contributed by atoms with Crippen LogP contribution in [0.5, 0.6) is 0 Å². The number of hydrogen-bond donors (Lipinski definition) is 0. The molecule has 0 amide bonds. The molecule has 0 radical (unpaired) electrons. The Morgan fingerprint density at radius 3 is 1.98 bits per heavy atom. The molecule has 9 aliphatic rings. The van der Waals surface area contributed by atoms with Gasteiger partial charge in [0.2, 0.25) is 0 Å². The molecule has 5 fully saturated rings. The van der Waals surface area contributed by atoms with E-state index in [9.17, 15) is 0 Å². The number of benzene rings is 3. The number of rotatable bonds is 1. The van der Waals surface area contributed by atoms with Crippen LogP contribution in [0.2, 0.25) is 0 Å². The molecule has 61 heavy (non-hydrogen) atoms. The fraction of sp³-hybridized carbons (Fsp3) is 0.500. The zero-order valence-corrected chi connectivity index (χ0v) is 43.4. The van der Waals surface area contributed by atoms with Crippen LogP contribution in [0.4, 0.5) is 0 Å². The molecule has 0 N–H and O–H groups in total. The summed E-state index contributed by atoms with van der Waals surface area (Å²) in [6.07, 6.45) is 24.4. The summed E-state index contributed by atoms with van der Waals surface area (Å²) in [5.74, 6) is 6.92. The Bertz CT molecular complexity index is 2130. The van der Waals surface area contributed by atoms with Crippen molar-refractivity contribution in [3.63, 3.8) is 0 Å². The van der Waals surface area contributed by atoms with Gasteiger partial charge in [-0.3, -0.25) is 6.08 Å². The van der Waals surface area contributed by atoms with Gasteiger partial charge in [-0.15, -0.1) is 48.6 Å². The van der Waals surface area contributed by atoms with Crippen molar-refractivity contribution in [1.29, 1.82) is 0 Å². The van der Waals surface area contributed by atoms with Crippen molar-refractivity contribution >= 4 is 45.4 Å². The SMILES string of the molecule is CC1[C-]=CC(C2(C)C3CC4CC(C3)CC2C4)=C1.C[C-]1C2=C3Cc4ccccc4C3=C3C=CCCC3C2(C)C(C)(C)C(C)(C)C1(C)C.Cl.Cl.[CH2]=[Zr].[CH3-].[c-]1ccc2ccccc2c1. The summed E-state index contributed by atoms with van der Waals surface area (Å²) >= 11 is 1.30. The Labute approximate surface area is 399 Å². The summed E-state index contributed by atoms with van der Waals surface area (Å²) in [4.78, 5) is 0. The molecule has 5 saturated carbocycles. The van der Waals surface area contributed by atoms with Gasteiger partial charge in [0.05, 0.1) is 0 Å². The number of allylic oxidation sites excluding steroid dienone is 10. The third-order valence-electron chi connectivity index (χ3n) is 18.8. The van der Waals surface area contributed by atoms with Crippen molar-refractivity contribution in [3.05, 3.63) is 150 Å². The van der Waals surface area contributed by atoms with Crippen LogP contribution in [0, 0.1) is 88.1 Å². The van der Waals surface area contributed by atoms with E-state index in [0.29, 0.717) is 17.3 Å². The second kappa shape index (κ2) is 18.4. The summed E-state index contributed by atoms with van der Waals surface area (Å²) in [5.41, 5.74) is 12.4. The molecule has 12 rings (SSSR count). The van der Waals surface area contributed by atoms with E-state index in [-0.39, 0.29) is 53.9 Å². The normalized spacial score (nSPS) is 32.9. The minimum atomic E-state index is 0. The fourth-order valence-electron chi connectivity index (χ4n) is 14.2. The molecule has 0 saturated heterocycles. The topological polar surface area (TPSA) is 0 Å². The fourth-order valence-corrected chi connectivity index (χ4v) is 14.2. The molecule has 3 unspecified atom stereocenters. The van der Waals surface area contributed by atoms with Crippen molar-refractivity contribution in [2.75, 3.05) is 0 Å². The average Bonchev–Trinajstić information content (AvgIpc) is 3.84. The predicted molar refractivity (Wildman–Crippen MR) is 265 cm³/mol. The van der Waals surface area contributed by atoms with Gasteiger partial charge in [-0.2, -0.15) is 47.1 Å². The quantitative estimate of drug-likeness (QED) is 0.213. The van der Waals surface area contributed by atoms with E-state index in [0.717, 1.165) is 30.1 Å². The molecule has 0 heterocycles. The number of hydrogen-bond acceptors (Lipinski definition) is 0. The first-order chi connectivity index (χ1) is 27.6. The van der Waals surface area contributed by atoms with E-state index in [1.54, 1.807) is 40.2 Å². The van der Waals surface area contributed by atoms with Crippen molar-refractivity contribution in [3.8, 4) is 0 Å². The molecule has 0 nitrogen and oxygen atoms in total. The molecule has 0 aromatic heterocycles. The van der Waals surface area contributed by atoms with Crippen molar-refractivity contribution in [2.24, 2.45) is 62.6 Å². The van der Waals surface area contributed by atoms with E-state index in [2.05, 4.69) is 152 Å². The molecule has 0 aliphatic heterocycles. The van der Waals surface area contributed by atoms with Crippen molar-refractivity contribution in [2.45, 2.75) is 121 Å². The van der Waals surface area contributed by atoms with Crippen LogP contribution in [-0.4, -0.2) is 4.21 Å². The number of fused-ring (bicyclic) bond motifs is 7. The standard InChI is InChI=1S/C29H37.C17H23.C10H7.CH3.CH2.2ClH.Zr/c1-18-25-22-17-19-13-9-10-14-20(19)24(22)21-15-11-12-16-23(21)29(25,8)28(6,7)27(4,5)26(18,2)3;1-11-3-4-14(5-11)17(2)15-7-12-6-13(9-15)10-16(17)8-12;1-2-6-10-8-4-3-7-9(10)5-1;;;;;/h9-11,13-15,23H,12,16-17H2,1-8H3;4-5,11-13,15-16H,6-10H2,1-2H3;1-3,5-8H;1H3;1H2;2*1H;/q4*-1;;;;. The first-order valence-corrected chi connectivity index (χ1v) is 24.4. The van der Waals surface area contributed by atoms with E-state index in [4.69, 9.17) is 0 Å². The van der Waals surface area contributed by atoms with Crippen molar-refractivity contribution in [1.82, 2.24) is 0 Å². The van der Waals surface area contributed by atoms with Crippen LogP contribution < -0.4 is 0 Å². The van der Waals surface area contributed by atoms with Crippen molar-refractivity contribution < 1.29 is 24.2 Å². The van der Waals surface area contributed by atoms with Gasteiger partial charge in [0.1, 0.15) is 0 Å². The van der Waals surface area contributed by atoms with Gasteiger partial charge in [0.25, 0.3) is 0 Å². The molecule has 328 valence electrons. The van der Waals surface area contributed by atoms with Gasteiger partial charge in [0, 0.05) is 0 Å². The Kier molecular flexibility index (Phi) is 15.0. The van der Waals surface area contributed by atoms with Gasteiger partial charge in [0.15, 0.2) is 0 Å². The zero-order chi connectivity index (χ0) is 41.4. The third kappa shape index (κ3) is 7.62. The minimum Gasteiger partial charge on any atom is -0.358 e. The Hall–Kier alpha value is -2.18. The predicted octanol–water partition coefficient (Wildman–Crippen LogP) is 16.2. The third-order valence-corrected chi connectivity index (χ3v) is 18.8. The van der Waals surface area contributed by atoms with E-state index in [1.807, 2.05) is 24.3 Å². The second-order valence-corrected chi connectivity index (χ2v) is 21.3. The molecular formula is C58H74Cl2Zr-4. The Morgan fingerprint density at radius 1 is 0.770 bits per heavy atom. The van der Waals surface area contributed by atoms with Crippen LogP contribution in [0.1, 0.15) is 125 Å². The first-order valence-electron chi connectivity index (χ1n) is 22.7. The molecule has 3 atom stereocenters. The van der Waals surface area contributed by atoms with E-state index < -0.39 is 0 Å². The van der Waals surface area contributed by atoms with Crippen LogP contribution >= 0.6 is 24.8 Å². The summed E-state index contributed by atoms with van der Waals surface area (Å²) < 4.78 is 3.34. The van der Waals surface area contributed by atoms with Crippen LogP contribution in [0.15, 0.2) is 113 Å². The molecule has 0 spiro atoms. The van der Waals surface area contributed by atoms with Crippen LogP contribution in [-0.2, 0) is 30.7 Å². The maximum Gasteiger partial charge on any atom is -0.0648 e. The van der Waals surface area contributed by atoms with Crippen LogP contribution in [0.25, 0.3) is 16.3 Å². The van der Waals surface area contributed by atoms with Crippen LogP contribution in [0.3, 0.4) is 0 Å². The number of halogens is 2. The monoisotopic (exact) mass is 930 g/mol. The maximum absolute atomic E-state index is 3.49. The molecule has 3 aromatic carbocycles. The van der Waals surface area contributed by atoms with E-state index >= 15 is 0 Å². The van der Waals surface area contributed by atoms with Gasteiger partial charge in [-0.1, -0.05) is 157 Å². The summed E-state index contributed by atoms with van der Waals surface area (Å²) in [6, 6.07) is 26.5. The molecule has 9 aliphatic carbocycles. The van der Waals surface area contributed by atoms with E-state index in [1.165, 1.54) is 84.7 Å². The summed E-state index contributed by atoms with van der Waals surface area (Å²) in [6.45, 7) is 25.1. The zero-order valence-electron chi connectivity index (χ0n) is 39.3. The maximum atomic E-state index is 3.49. The minimum absolute atomic E-state index is 0.